The second kappa shape index (κ2) is 7.38. The minimum absolute atomic E-state index is 0.0171. The summed E-state index contributed by atoms with van der Waals surface area (Å²) in [5, 5.41) is 9.21. The van der Waals surface area contributed by atoms with Crippen LogP contribution in [0.3, 0.4) is 0 Å². The summed E-state index contributed by atoms with van der Waals surface area (Å²) in [6.45, 7) is 0.510. The molecule has 1 aromatic rings. The second-order valence-electron chi connectivity index (χ2n) is 6.38. The zero-order valence-electron chi connectivity index (χ0n) is 13.4. The number of benzene rings is 1. The number of carboxylic acid groups (broad SMARTS) is 1. The van der Waals surface area contributed by atoms with Crippen molar-refractivity contribution in [2.75, 3.05) is 6.54 Å². The number of hydrogen-bond donors (Lipinski definition) is 1. The highest BCUT2D eigenvalue weighted by atomic mass is 32.2. The van der Waals surface area contributed by atoms with Crippen LogP contribution in [0.4, 0.5) is 0 Å². The standard InChI is InChI=1S/C18H21NO4S/c20-16(19-11-5-9-14(19)17(21)22)13-8-4-10-15(13)24-18(23)12-6-2-1-3-7-12/h1-3,6-7,13-15H,4-5,8-11H2,(H,21,22)/t13-,14-,15-/m0/s1. The third-order valence-electron chi connectivity index (χ3n) is 4.86. The van der Waals surface area contributed by atoms with Gasteiger partial charge in [0.2, 0.25) is 11.0 Å². The fourth-order valence-corrected chi connectivity index (χ4v) is 4.88. The summed E-state index contributed by atoms with van der Waals surface area (Å²) >= 11 is 1.23. The molecule has 1 saturated heterocycles. The van der Waals surface area contributed by atoms with E-state index in [9.17, 15) is 19.5 Å². The monoisotopic (exact) mass is 347 g/mol. The van der Waals surface area contributed by atoms with Crippen molar-refractivity contribution in [2.24, 2.45) is 5.92 Å². The van der Waals surface area contributed by atoms with Gasteiger partial charge in [0.15, 0.2) is 0 Å². The van der Waals surface area contributed by atoms with E-state index in [2.05, 4.69) is 0 Å². The highest BCUT2D eigenvalue weighted by Gasteiger charge is 2.42. The Labute approximate surface area is 145 Å². The fraction of sp³-hybridized carbons (Fsp3) is 0.500. The van der Waals surface area contributed by atoms with Crippen LogP contribution in [0.15, 0.2) is 30.3 Å². The Balaban J connectivity index is 1.68. The third-order valence-corrected chi connectivity index (χ3v) is 6.18. The zero-order valence-corrected chi connectivity index (χ0v) is 14.2. The van der Waals surface area contributed by atoms with E-state index in [1.807, 2.05) is 18.2 Å². The molecule has 1 aromatic carbocycles. The molecule has 0 aromatic heterocycles. The summed E-state index contributed by atoms with van der Waals surface area (Å²) in [5.74, 6) is -1.26. The normalized spacial score (nSPS) is 26.5. The highest BCUT2D eigenvalue weighted by molar-refractivity contribution is 8.14. The first kappa shape index (κ1) is 17.0. The minimum atomic E-state index is -0.927. The van der Waals surface area contributed by atoms with E-state index in [0.29, 0.717) is 18.5 Å². The summed E-state index contributed by atoms with van der Waals surface area (Å²) in [4.78, 5) is 38.1. The number of thioether (sulfide) groups is 1. The summed E-state index contributed by atoms with van der Waals surface area (Å²) < 4.78 is 0. The lowest BCUT2D eigenvalue weighted by molar-refractivity contribution is -0.149. The minimum Gasteiger partial charge on any atom is -0.480 e. The average molecular weight is 347 g/mol. The summed E-state index contributed by atoms with van der Waals surface area (Å²) in [7, 11) is 0. The molecule has 2 fully saturated rings. The fourth-order valence-electron chi connectivity index (χ4n) is 3.63. The molecule has 0 radical (unpaired) electrons. The molecule has 3 atom stereocenters. The summed E-state index contributed by atoms with van der Waals surface area (Å²) in [6.07, 6.45) is 3.72. The predicted octanol–water partition coefficient (Wildman–Crippen LogP) is 2.80. The van der Waals surface area contributed by atoms with Crippen LogP contribution >= 0.6 is 11.8 Å². The van der Waals surface area contributed by atoms with Crippen LogP contribution in [-0.2, 0) is 9.59 Å². The van der Waals surface area contributed by atoms with E-state index < -0.39 is 12.0 Å². The lowest BCUT2D eigenvalue weighted by Crippen LogP contribution is -2.44. The molecular weight excluding hydrogens is 326 g/mol. The summed E-state index contributed by atoms with van der Waals surface area (Å²) in [6, 6.07) is 8.38. The number of amides is 1. The molecule has 24 heavy (non-hydrogen) atoms. The van der Waals surface area contributed by atoms with Crippen LogP contribution in [0.1, 0.15) is 42.5 Å². The van der Waals surface area contributed by atoms with Crippen molar-refractivity contribution in [3.05, 3.63) is 35.9 Å². The number of hydrogen-bond acceptors (Lipinski definition) is 4. The first-order valence-corrected chi connectivity index (χ1v) is 9.25. The highest BCUT2D eigenvalue weighted by Crippen LogP contribution is 2.38. The quantitative estimate of drug-likeness (QED) is 0.906. The Morgan fingerprint density at radius 3 is 2.50 bits per heavy atom. The van der Waals surface area contributed by atoms with Gasteiger partial charge in [0.1, 0.15) is 6.04 Å². The van der Waals surface area contributed by atoms with E-state index in [1.165, 1.54) is 16.7 Å². The van der Waals surface area contributed by atoms with E-state index in [-0.39, 0.29) is 22.2 Å². The van der Waals surface area contributed by atoms with Gasteiger partial charge in [-0.2, -0.15) is 0 Å². The lowest BCUT2D eigenvalue weighted by Gasteiger charge is -2.27. The van der Waals surface area contributed by atoms with Crippen LogP contribution in [0.2, 0.25) is 0 Å². The SMILES string of the molecule is O=C(S[C@H]1CCC[C@@H]1C(=O)N1CCC[C@H]1C(=O)O)c1ccccc1. The molecule has 3 rings (SSSR count). The Morgan fingerprint density at radius 2 is 1.79 bits per heavy atom. The van der Waals surface area contributed by atoms with Gasteiger partial charge in [-0.05, 0) is 25.7 Å². The van der Waals surface area contributed by atoms with E-state index in [0.717, 1.165) is 25.7 Å². The number of likely N-dealkylation sites (tertiary alicyclic amines) is 1. The number of aliphatic carboxylic acids is 1. The maximum Gasteiger partial charge on any atom is 0.326 e. The maximum atomic E-state index is 12.8. The van der Waals surface area contributed by atoms with Crippen LogP contribution < -0.4 is 0 Å². The van der Waals surface area contributed by atoms with Crippen LogP contribution in [0, 0.1) is 5.92 Å². The van der Waals surface area contributed by atoms with Gasteiger partial charge in [0.25, 0.3) is 0 Å². The van der Waals surface area contributed by atoms with Crippen molar-refractivity contribution in [3.8, 4) is 0 Å². The topological polar surface area (TPSA) is 74.7 Å². The molecule has 2 aliphatic rings. The molecule has 0 spiro atoms. The predicted molar refractivity (Wildman–Crippen MR) is 91.9 cm³/mol. The van der Waals surface area contributed by atoms with Gasteiger partial charge in [-0.1, -0.05) is 48.5 Å². The van der Waals surface area contributed by atoms with Crippen molar-refractivity contribution in [1.82, 2.24) is 4.90 Å². The molecule has 1 amide bonds. The van der Waals surface area contributed by atoms with Crippen molar-refractivity contribution < 1.29 is 19.5 Å². The largest absolute Gasteiger partial charge is 0.480 e. The molecular formula is C18H21NO4S. The maximum absolute atomic E-state index is 12.8. The molecule has 1 N–H and O–H groups in total. The summed E-state index contributed by atoms with van der Waals surface area (Å²) in [5.41, 5.74) is 0.644. The number of nitrogens with zero attached hydrogens (tertiary/aromatic N) is 1. The second-order valence-corrected chi connectivity index (χ2v) is 7.59. The lowest BCUT2D eigenvalue weighted by atomic mass is 10.1. The van der Waals surface area contributed by atoms with E-state index in [4.69, 9.17) is 0 Å². The van der Waals surface area contributed by atoms with Gasteiger partial charge in [0, 0.05) is 17.4 Å². The van der Waals surface area contributed by atoms with Crippen molar-refractivity contribution in [3.63, 3.8) is 0 Å². The molecule has 1 saturated carbocycles. The number of carbonyl (C=O) groups excluding carboxylic acids is 2. The number of carbonyl (C=O) groups is 3. The van der Waals surface area contributed by atoms with E-state index in [1.54, 1.807) is 12.1 Å². The van der Waals surface area contributed by atoms with Gasteiger partial charge >= 0.3 is 5.97 Å². The molecule has 5 nitrogen and oxygen atoms in total. The van der Waals surface area contributed by atoms with Gasteiger partial charge in [-0.3, -0.25) is 9.59 Å². The van der Waals surface area contributed by atoms with Crippen LogP contribution in [0.25, 0.3) is 0 Å². The average Bonchev–Trinajstić information content (AvgIpc) is 3.24. The molecule has 1 aliphatic heterocycles. The zero-order chi connectivity index (χ0) is 17.1. The van der Waals surface area contributed by atoms with E-state index >= 15 is 0 Å². The molecule has 0 unspecified atom stereocenters. The molecule has 1 aliphatic carbocycles. The molecule has 128 valence electrons. The molecule has 6 heteroatoms. The Morgan fingerprint density at radius 1 is 1.04 bits per heavy atom. The van der Waals surface area contributed by atoms with Crippen LogP contribution in [0.5, 0.6) is 0 Å². The Hall–Kier alpha value is -1.82. The first-order chi connectivity index (χ1) is 11.6. The van der Waals surface area contributed by atoms with Crippen molar-refractivity contribution in [1.29, 1.82) is 0 Å². The first-order valence-electron chi connectivity index (χ1n) is 8.37. The third kappa shape index (κ3) is 3.48. The van der Waals surface area contributed by atoms with Crippen molar-refractivity contribution in [2.45, 2.75) is 43.4 Å². The van der Waals surface area contributed by atoms with Crippen molar-refractivity contribution >= 4 is 28.8 Å². The Bertz CT molecular complexity index is 633. The molecule has 1 heterocycles. The smallest absolute Gasteiger partial charge is 0.326 e. The van der Waals surface area contributed by atoms with Crippen LogP contribution in [-0.4, -0.2) is 44.8 Å². The van der Waals surface area contributed by atoms with Gasteiger partial charge < -0.3 is 10.0 Å². The Kier molecular flexibility index (Phi) is 5.23. The molecule has 0 bridgehead atoms. The number of carboxylic acids is 1. The van der Waals surface area contributed by atoms with Gasteiger partial charge in [-0.15, -0.1) is 0 Å². The van der Waals surface area contributed by atoms with Gasteiger partial charge in [-0.25, -0.2) is 4.79 Å². The number of rotatable bonds is 4. The van der Waals surface area contributed by atoms with Gasteiger partial charge in [0.05, 0.1) is 5.92 Å².